The van der Waals surface area contributed by atoms with Gasteiger partial charge in [0.05, 0.1) is 26.3 Å². The zero-order chi connectivity index (χ0) is 22.0. The van der Waals surface area contributed by atoms with Gasteiger partial charge in [-0.25, -0.2) is 8.42 Å². The predicted molar refractivity (Wildman–Crippen MR) is 120 cm³/mol. The molecule has 7 nitrogen and oxygen atoms in total. The number of carbonyl (C=O) groups excluding carboxylic acids is 2. The molecule has 0 spiro atoms. The van der Waals surface area contributed by atoms with Crippen molar-refractivity contribution in [2.75, 3.05) is 10.6 Å². The molecule has 0 saturated heterocycles. The van der Waals surface area contributed by atoms with Gasteiger partial charge in [-0.1, -0.05) is 12.8 Å². The van der Waals surface area contributed by atoms with Gasteiger partial charge in [0.1, 0.15) is 0 Å². The minimum Gasteiger partial charge on any atom is -0.459 e. The van der Waals surface area contributed by atoms with Crippen LogP contribution in [0.5, 0.6) is 0 Å². The van der Waals surface area contributed by atoms with E-state index in [0.717, 1.165) is 29.7 Å². The fourth-order valence-corrected chi connectivity index (χ4v) is 6.47. The summed E-state index contributed by atoms with van der Waals surface area (Å²) in [6.07, 6.45) is 4.72. The third-order valence-electron chi connectivity index (χ3n) is 5.29. The molecule has 2 N–H and O–H groups in total. The van der Waals surface area contributed by atoms with Gasteiger partial charge in [-0.3, -0.25) is 9.59 Å². The van der Waals surface area contributed by atoms with Crippen molar-refractivity contribution < 1.29 is 22.4 Å². The molecule has 0 unspecified atom stereocenters. The van der Waals surface area contributed by atoms with Crippen molar-refractivity contribution in [3.05, 3.63) is 64.9 Å². The number of aryl methyl sites for hydroxylation is 1. The third kappa shape index (κ3) is 4.57. The molecule has 2 amide bonds. The number of hydrogen-bond acceptors (Lipinski definition) is 6. The van der Waals surface area contributed by atoms with E-state index in [1.807, 2.05) is 0 Å². The Morgan fingerprint density at radius 3 is 2.39 bits per heavy atom. The Morgan fingerprint density at radius 1 is 1.03 bits per heavy atom. The Bertz CT molecular complexity index is 1190. The Balaban J connectivity index is 1.43. The number of anilines is 2. The van der Waals surface area contributed by atoms with Crippen molar-refractivity contribution in [1.29, 1.82) is 0 Å². The molecule has 162 valence electrons. The van der Waals surface area contributed by atoms with Crippen molar-refractivity contribution in [2.24, 2.45) is 0 Å². The van der Waals surface area contributed by atoms with Crippen molar-refractivity contribution in [1.82, 2.24) is 0 Å². The molecule has 31 heavy (non-hydrogen) atoms. The summed E-state index contributed by atoms with van der Waals surface area (Å²) in [4.78, 5) is 25.6. The summed E-state index contributed by atoms with van der Waals surface area (Å²) in [6, 6.07) is 11.2. The van der Waals surface area contributed by atoms with Crippen LogP contribution in [0.25, 0.3) is 0 Å². The van der Waals surface area contributed by atoms with Crippen molar-refractivity contribution in [3.8, 4) is 0 Å². The van der Waals surface area contributed by atoms with Gasteiger partial charge in [-0.05, 0) is 67.8 Å². The fourth-order valence-electron chi connectivity index (χ4n) is 3.66. The summed E-state index contributed by atoms with van der Waals surface area (Å²) in [5.74, 6) is -0.533. The van der Waals surface area contributed by atoms with E-state index in [2.05, 4.69) is 10.6 Å². The zero-order valence-electron chi connectivity index (χ0n) is 16.9. The van der Waals surface area contributed by atoms with Crippen LogP contribution in [0.3, 0.4) is 0 Å². The molecule has 9 heteroatoms. The summed E-state index contributed by atoms with van der Waals surface area (Å²) in [7, 11) is -3.33. The molecule has 0 aliphatic heterocycles. The molecule has 2 heterocycles. The number of furan rings is 1. The first-order chi connectivity index (χ1) is 14.8. The molecular formula is C22H22N2O5S2. The highest BCUT2D eigenvalue weighted by Crippen LogP contribution is 2.31. The Hall–Kier alpha value is -2.91. The molecular weight excluding hydrogens is 436 g/mol. The summed E-state index contributed by atoms with van der Waals surface area (Å²) in [6.45, 7) is 1.78. The second-order valence-electron chi connectivity index (χ2n) is 7.48. The first-order valence-electron chi connectivity index (χ1n) is 9.95. The maximum atomic E-state index is 12.7. The van der Waals surface area contributed by atoms with Crippen LogP contribution < -0.4 is 10.6 Å². The summed E-state index contributed by atoms with van der Waals surface area (Å²) < 4.78 is 30.4. The van der Waals surface area contributed by atoms with Crippen LogP contribution in [-0.2, 0) is 9.84 Å². The van der Waals surface area contributed by atoms with E-state index >= 15 is 0 Å². The van der Waals surface area contributed by atoms with Crippen LogP contribution >= 0.6 is 11.3 Å². The normalized spacial score (nSPS) is 14.5. The van der Waals surface area contributed by atoms with Gasteiger partial charge in [0.2, 0.25) is 0 Å². The first-order valence-corrected chi connectivity index (χ1v) is 12.3. The van der Waals surface area contributed by atoms with Crippen LogP contribution in [0.1, 0.15) is 51.5 Å². The highest BCUT2D eigenvalue weighted by atomic mass is 32.2. The predicted octanol–water partition coefficient (Wildman–Crippen LogP) is 4.87. The lowest BCUT2D eigenvalue weighted by Gasteiger charge is -2.12. The SMILES string of the molecule is Cc1cc(NC(=O)c2ccco2)sc1C(=O)Nc1ccc(S(=O)(=O)C2CCCC2)cc1. The molecule has 2 aromatic heterocycles. The number of thiophene rings is 1. The minimum atomic E-state index is -3.33. The summed E-state index contributed by atoms with van der Waals surface area (Å²) in [5, 5.41) is 5.72. The number of hydrogen-bond donors (Lipinski definition) is 2. The topological polar surface area (TPSA) is 105 Å². The number of benzene rings is 1. The molecule has 0 atom stereocenters. The molecule has 0 radical (unpaired) electrons. The van der Waals surface area contributed by atoms with E-state index in [0.29, 0.717) is 28.4 Å². The van der Waals surface area contributed by atoms with Crippen LogP contribution in [0.4, 0.5) is 10.7 Å². The zero-order valence-corrected chi connectivity index (χ0v) is 18.5. The molecule has 1 aliphatic carbocycles. The molecule has 4 rings (SSSR count). The second-order valence-corrected chi connectivity index (χ2v) is 10.8. The van der Waals surface area contributed by atoms with Gasteiger partial charge in [0.25, 0.3) is 11.8 Å². The van der Waals surface area contributed by atoms with E-state index in [4.69, 9.17) is 4.42 Å². The fraction of sp³-hybridized carbons (Fsp3) is 0.273. The van der Waals surface area contributed by atoms with Crippen molar-refractivity contribution >= 4 is 43.7 Å². The Morgan fingerprint density at radius 2 is 1.74 bits per heavy atom. The molecule has 1 aliphatic rings. The lowest BCUT2D eigenvalue weighted by molar-refractivity contribution is 0.0995. The van der Waals surface area contributed by atoms with E-state index in [-0.39, 0.29) is 21.8 Å². The van der Waals surface area contributed by atoms with E-state index in [9.17, 15) is 18.0 Å². The molecule has 1 fully saturated rings. The van der Waals surface area contributed by atoms with Crippen LogP contribution in [0, 0.1) is 6.92 Å². The summed E-state index contributed by atoms with van der Waals surface area (Å²) in [5.41, 5.74) is 1.22. The lowest BCUT2D eigenvalue weighted by Crippen LogP contribution is -2.18. The lowest BCUT2D eigenvalue weighted by atomic mass is 10.2. The standard InChI is InChI=1S/C22H22N2O5S2/c1-14-13-19(24-21(25)18-7-4-12-29-18)30-20(14)22(26)23-15-8-10-17(11-9-15)31(27,28)16-5-2-3-6-16/h4,7-13,16H,2-3,5-6H2,1H3,(H,23,26)(H,24,25). The largest absolute Gasteiger partial charge is 0.459 e. The number of amides is 2. The molecule has 1 aromatic carbocycles. The van der Waals surface area contributed by atoms with Crippen LogP contribution in [-0.4, -0.2) is 25.5 Å². The van der Waals surface area contributed by atoms with Gasteiger partial charge < -0.3 is 15.1 Å². The highest BCUT2D eigenvalue weighted by Gasteiger charge is 2.30. The maximum absolute atomic E-state index is 12.7. The first kappa shape index (κ1) is 21.3. The minimum absolute atomic E-state index is 0.185. The second kappa shape index (κ2) is 8.68. The number of sulfone groups is 1. The van der Waals surface area contributed by atoms with Crippen LogP contribution in [0.2, 0.25) is 0 Å². The number of rotatable bonds is 6. The quantitative estimate of drug-likeness (QED) is 0.548. The average molecular weight is 459 g/mol. The van der Waals surface area contributed by atoms with Gasteiger partial charge in [0, 0.05) is 5.69 Å². The van der Waals surface area contributed by atoms with Gasteiger partial charge in [-0.15, -0.1) is 11.3 Å². The van der Waals surface area contributed by atoms with E-state index < -0.39 is 15.7 Å². The average Bonchev–Trinajstić information content (AvgIpc) is 3.50. The molecule has 3 aromatic rings. The monoisotopic (exact) mass is 458 g/mol. The molecule has 1 saturated carbocycles. The van der Waals surface area contributed by atoms with Gasteiger partial charge >= 0.3 is 0 Å². The van der Waals surface area contributed by atoms with Gasteiger partial charge in [0.15, 0.2) is 15.6 Å². The van der Waals surface area contributed by atoms with Crippen LogP contribution in [0.15, 0.2) is 58.0 Å². The number of carbonyl (C=O) groups is 2. The van der Waals surface area contributed by atoms with Crippen molar-refractivity contribution in [2.45, 2.75) is 42.8 Å². The highest BCUT2D eigenvalue weighted by molar-refractivity contribution is 7.92. The Labute approximate surface area is 184 Å². The van der Waals surface area contributed by atoms with Crippen molar-refractivity contribution in [3.63, 3.8) is 0 Å². The maximum Gasteiger partial charge on any atom is 0.291 e. The smallest absolute Gasteiger partial charge is 0.291 e. The van der Waals surface area contributed by atoms with E-state index in [1.165, 1.54) is 6.26 Å². The van der Waals surface area contributed by atoms with E-state index in [1.54, 1.807) is 49.4 Å². The molecule has 0 bridgehead atoms. The number of nitrogens with one attached hydrogen (secondary N) is 2. The van der Waals surface area contributed by atoms with Gasteiger partial charge in [-0.2, -0.15) is 0 Å². The summed E-state index contributed by atoms with van der Waals surface area (Å²) >= 11 is 1.16. The Kier molecular flexibility index (Phi) is 5.97. The third-order valence-corrected chi connectivity index (χ3v) is 8.72.